The SMILES string of the molecule is C[C@@H](C(=O)Nc1ccc(OC(F)(F)F)cc1)n1nnc2ccccc2c1=O. The van der Waals surface area contributed by atoms with Crippen molar-refractivity contribution in [3.8, 4) is 5.75 Å². The fourth-order valence-electron chi connectivity index (χ4n) is 2.35. The Morgan fingerprint density at radius 3 is 2.48 bits per heavy atom. The van der Waals surface area contributed by atoms with E-state index in [0.29, 0.717) is 10.9 Å². The van der Waals surface area contributed by atoms with Crippen LogP contribution in [0.1, 0.15) is 13.0 Å². The summed E-state index contributed by atoms with van der Waals surface area (Å²) in [6.07, 6.45) is -4.80. The van der Waals surface area contributed by atoms with Gasteiger partial charge in [-0.05, 0) is 43.3 Å². The second-order valence-corrected chi connectivity index (χ2v) is 5.59. The number of carbonyl (C=O) groups is 1. The molecule has 3 rings (SSSR count). The number of fused-ring (bicyclic) bond motifs is 1. The third-order valence-corrected chi connectivity index (χ3v) is 3.69. The normalized spacial score (nSPS) is 12.6. The summed E-state index contributed by atoms with van der Waals surface area (Å²) in [4.78, 5) is 24.8. The zero-order valence-corrected chi connectivity index (χ0v) is 13.9. The molecule has 0 bridgehead atoms. The Bertz CT molecular complexity index is 1030. The molecule has 0 unspecified atom stereocenters. The van der Waals surface area contributed by atoms with Crippen LogP contribution in [0.25, 0.3) is 10.9 Å². The summed E-state index contributed by atoms with van der Waals surface area (Å²) in [5.74, 6) is -0.990. The Morgan fingerprint density at radius 2 is 1.81 bits per heavy atom. The van der Waals surface area contributed by atoms with Crippen LogP contribution in [-0.4, -0.2) is 27.3 Å². The minimum atomic E-state index is -4.80. The molecule has 1 aromatic heterocycles. The van der Waals surface area contributed by atoms with Crippen LogP contribution in [0, 0.1) is 0 Å². The fraction of sp³-hybridized carbons (Fsp3) is 0.176. The number of rotatable bonds is 4. The highest BCUT2D eigenvalue weighted by molar-refractivity contribution is 5.93. The summed E-state index contributed by atoms with van der Waals surface area (Å²) in [7, 11) is 0. The van der Waals surface area contributed by atoms with Crippen LogP contribution >= 0.6 is 0 Å². The molecule has 2 aromatic carbocycles. The monoisotopic (exact) mass is 378 g/mol. The number of carbonyl (C=O) groups excluding carboxylic acids is 1. The Hall–Kier alpha value is -3.43. The number of aromatic nitrogens is 3. The summed E-state index contributed by atoms with van der Waals surface area (Å²) >= 11 is 0. The van der Waals surface area contributed by atoms with Crippen LogP contribution in [-0.2, 0) is 4.79 Å². The predicted octanol–water partition coefficient (Wildman–Crippen LogP) is 2.89. The number of benzene rings is 2. The van der Waals surface area contributed by atoms with Gasteiger partial charge < -0.3 is 10.1 Å². The number of ether oxygens (including phenoxy) is 1. The van der Waals surface area contributed by atoms with Gasteiger partial charge in [-0.1, -0.05) is 17.3 Å². The largest absolute Gasteiger partial charge is 0.573 e. The molecule has 0 saturated heterocycles. The number of alkyl halides is 3. The quantitative estimate of drug-likeness (QED) is 0.755. The standard InChI is InChI=1S/C17H13F3N4O3/c1-10(24-16(26)13-4-2-3-5-14(13)22-23-24)15(25)21-11-6-8-12(9-7-11)27-17(18,19)20/h2-10H,1H3,(H,21,25)/t10-/m0/s1. The predicted molar refractivity (Wildman–Crippen MR) is 90.3 cm³/mol. The third-order valence-electron chi connectivity index (χ3n) is 3.69. The van der Waals surface area contributed by atoms with Crippen molar-refractivity contribution in [2.45, 2.75) is 19.3 Å². The highest BCUT2D eigenvalue weighted by Gasteiger charge is 2.31. The van der Waals surface area contributed by atoms with Gasteiger partial charge in [-0.2, -0.15) is 4.68 Å². The maximum atomic E-state index is 12.5. The zero-order chi connectivity index (χ0) is 19.6. The molecule has 1 amide bonds. The molecule has 0 fully saturated rings. The second kappa shape index (κ2) is 7.06. The fourth-order valence-corrected chi connectivity index (χ4v) is 2.35. The van der Waals surface area contributed by atoms with E-state index in [-0.39, 0.29) is 5.69 Å². The third kappa shape index (κ3) is 4.22. The first-order valence-electron chi connectivity index (χ1n) is 7.75. The summed E-state index contributed by atoms with van der Waals surface area (Å²) in [5.41, 5.74) is 0.173. The van der Waals surface area contributed by atoms with Crippen LogP contribution in [0.5, 0.6) is 5.75 Å². The summed E-state index contributed by atoms with van der Waals surface area (Å²) in [6, 6.07) is 10.2. The van der Waals surface area contributed by atoms with Crippen molar-refractivity contribution in [1.82, 2.24) is 15.0 Å². The van der Waals surface area contributed by atoms with Gasteiger partial charge in [0, 0.05) is 5.69 Å². The number of anilines is 1. The molecule has 27 heavy (non-hydrogen) atoms. The molecule has 0 saturated carbocycles. The molecule has 0 aliphatic heterocycles. The van der Waals surface area contributed by atoms with Crippen LogP contribution < -0.4 is 15.6 Å². The van der Waals surface area contributed by atoms with Crippen molar-refractivity contribution in [3.05, 3.63) is 58.9 Å². The molecule has 1 N–H and O–H groups in total. The molecule has 3 aromatic rings. The van der Waals surface area contributed by atoms with Gasteiger partial charge in [0.15, 0.2) is 0 Å². The van der Waals surface area contributed by atoms with Crippen LogP contribution in [0.3, 0.4) is 0 Å². The Kier molecular flexibility index (Phi) is 4.80. The number of nitrogens with zero attached hydrogens (tertiary/aromatic N) is 3. The van der Waals surface area contributed by atoms with Crippen molar-refractivity contribution in [3.63, 3.8) is 0 Å². The lowest BCUT2D eigenvalue weighted by Crippen LogP contribution is -2.34. The molecular formula is C17H13F3N4O3. The average molecular weight is 378 g/mol. The van der Waals surface area contributed by atoms with Gasteiger partial charge in [-0.15, -0.1) is 18.3 Å². The van der Waals surface area contributed by atoms with E-state index in [0.717, 1.165) is 16.8 Å². The smallest absolute Gasteiger partial charge is 0.406 e. The first kappa shape index (κ1) is 18.4. The molecule has 7 nitrogen and oxygen atoms in total. The maximum Gasteiger partial charge on any atom is 0.573 e. The van der Waals surface area contributed by atoms with Gasteiger partial charge in [0.2, 0.25) is 5.91 Å². The molecule has 1 atom stereocenters. The maximum absolute atomic E-state index is 12.5. The second-order valence-electron chi connectivity index (χ2n) is 5.59. The minimum absolute atomic E-state index is 0.239. The molecule has 0 aliphatic rings. The van der Waals surface area contributed by atoms with Crippen molar-refractivity contribution >= 4 is 22.5 Å². The topological polar surface area (TPSA) is 86.1 Å². The first-order valence-corrected chi connectivity index (χ1v) is 7.75. The Labute approximate surface area is 150 Å². The van der Waals surface area contributed by atoms with Crippen LogP contribution in [0.2, 0.25) is 0 Å². The molecular weight excluding hydrogens is 365 g/mol. The lowest BCUT2D eigenvalue weighted by atomic mass is 10.2. The minimum Gasteiger partial charge on any atom is -0.406 e. The lowest BCUT2D eigenvalue weighted by Gasteiger charge is -2.14. The van der Waals surface area contributed by atoms with Crippen molar-refractivity contribution in [2.75, 3.05) is 5.32 Å². The number of halogens is 3. The molecule has 0 spiro atoms. The van der Waals surface area contributed by atoms with Gasteiger partial charge in [0.05, 0.1) is 5.39 Å². The molecule has 140 valence electrons. The van der Waals surface area contributed by atoms with E-state index >= 15 is 0 Å². The summed E-state index contributed by atoms with van der Waals surface area (Å²) in [6.45, 7) is 1.46. The van der Waals surface area contributed by atoms with Crippen molar-refractivity contribution in [1.29, 1.82) is 0 Å². The van der Waals surface area contributed by atoms with Crippen molar-refractivity contribution in [2.24, 2.45) is 0 Å². The Balaban J connectivity index is 1.76. The van der Waals surface area contributed by atoms with E-state index in [1.54, 1.807) is 24.3 Å². The summed E-state index contributed by atoms with van der Waals surface area (Å²) < 4.78 is 41.2. The van der Waals surface area contributed by atoms with Gasteiger partial charge in [-0.25, -0.2) is 0 Å². The number of hydrogen-bond acceptors (Lipinski definition) is 5. The zero-order valence-electron chi connectivity index (χ0n) is 13.9. The van der Waals surface area contributed by atoms with Crippen molar-refractivity contribution < 1.29 is 22.7 Å². The Morgan fingerprint density at radius 1 is 1.15 bits per heavy atom. The van der Waals surface area contributed by atoms with E-state index in [1.165, 1.54) is 19.1 Å². The van der Waals surface area contributed by atoms with E-state index in [1.807, 2.05) is 0 Å². The average Bonchev–Trinajstić information content (AvgIpc) is 2.62. The van der Waals surface area contributed by atoms with Gasteiger partial charge in [0.25, 0.3) is 5.56 Å². The first-order chi connectivity index (χ1) is 12.7. The van der Waals surface area contributed by atoms with Gasteiger partial charge >= 0.3 is 6.36 Å². The molecule has 1 heterocycles. The number of amides is 1. The highest BCUT2D eigenvalue weighted by Crippen LogP contribution is 2.24. The lowest BCUT2D eigenvalue weighted by molar-refractivity contribution is -0.274. The van der Waals surface area contributed by atoms with Crippen LogP contribution in [0.4, 0.5) is 18.9 Å². The van der Waals surface area contributed by atoms with Crippen LogP contribution in [0.15, 0.2) is 53.3 Å². The number of nitrogens with one attached hydrogen (secondary N) is 1. The van der Waals surface area contributed by atoms with E-state index in [9.17, 15) is 22.8 Å². The summed E-state index contributed by atoms with van der Waals surface area (Å²) in [5, 5.41) is 10.5. The van der Waals surface area contributed by atoms with E-state index < -0.39 is 29.6 Å². The van der Waals surface area contributed by atoms with Gasteiger partial charge in [-0.3, -0.25) is 9.59 Å². The number of hydrogen-bond donors (Lipinski definition) is 1. The van der Waals surface area contributed by atoms with Gasteiger partial charge in [0.1, 0.15) is 17.3 Å². The molecule has 0 radical (unpaired) electrons. The highest BCUT2D eigenvalue weighted by atomic mass is 19.4. The van der Waals surface area contributed by atoms with E-state index in [2.05, 4.69) is 20.4 Å². The molecule has 10 heteroatoms. The molecule has 0 aliphatic carbocycles. The van der Waals surface area contributed by atoms with E-state index in [4.69, 9.17) is 0 Å².